The van der Waals surface area contributed by atoms with Crippen LogP contribution >= 0.6 is 0 Å². The van der Waals surface area contributed by atoms with Gasteiger partial charge in [-0.15, -0.1) is 0 Å². The first-order valence-electron chi connectivity index (χ1n) is 10.1. The van der Waals surface area contributed by atoms with Gasteiger partial charge in [-0.25, -0.2) is 8.42 Å². The molecule has 0 heterocycles. The molecule has 8 heteroatoms. The van der Waals surface area contributed by atoms with Crippen LogP contribution in [0.1, 0.15) is 22.0 Å². The number of hydrogen-bond acceptors (Lipinski definition) is 5. The third-order valence-electron chi connectivity index (χ3n) is 5.03. The average molecular weight is 454 g/mol. The molecule has 0 aliphatic rings. The van der Waals surface area contributed by atoms with Crippen LogP contribution in [0.15, 0.2) is 83.8 Å². The molecule has 0 radical (unpaired) electrons. The molecule has 32 heavy (non-hydrogen) atoms. The van der Waals surface area contributed by atoms with Crippen molar-refractivity contribution >= 4 is 21.6 Å². The number of benzene rings is 3. The summed E-state index contributed by atoms with van der Waals surface area (Å²) in [5.74, 6) is 0.543. The van der Waals surface area contributed by atoms with Crippen molar-refractivity contribution in [3.8, 4) is 5.75 Å². The second kappa shape index (κ2) is 10.3. The number of nitrogens with one attached hydrogen (secondary N) is 2. The van der Waals surface area contributed by atoms with Crippen molar-refractivity contribution in [3.05, 3.63) is 90.0 Å². The van der Waals surface area contributed by atoms with Crippen LogP contribution in [0.2, 0.25) is 0 Å². The van der Waals surface area contributed by atoms with Gasteiger partial charge in [-0.05, 0) is 68.2 Å². The Kier molecular flexibility index (Phi) is 7.50. The van der Waals surface area contributed by atoms with Crippen molar-refractivity contribution in [2.45, 2.75) is 10.9 Å². The summed E-state index contributed by atoms with van der Waals surface area (Å²) in [5.41, 5.74) is 1.89. The predicted octanol–water partition coefficient (Wildman–Crippen LogP) is 3.53. The standard InChI is InChI=1S/C24H27N3O4S/c1-27(2)23(18-11-15-21(31-3)16-12-18)17-25-24(28)19-9-13-20(14-10-19)26-32(29,30)22-7-5-4-6-8-22/h4-16,23,26H,17H2,1-3H3,(H,25,28)/t23-/m0/s1. The number of amides is 1. The van der Waals surface area contributed by atoms with Crippen LogP contribution < -0.4 is 14.8 Å². The Balaban J connectivity index is 1.63. The quantitative estimate of drug-likeness (QED) is 0.518. The van der Waals surface area contributed by atoms with Crippen molar-refractivity contribution in [1.29, 1.82) is 0 Å². The van der Waals surface area contributed by atoms with Crippen molar-refractivity contribution in [1.82, 2.24) is 10.2 Å². The molecule has 0 saturated heterocycles. The fourth-order valence-electron chi connectivity index (χ4n) is 3.22. The van der Waals surface area contributed by atoms with Crippen LogP contribution in [0.3, 0.4) is 0 Å². The number of likely N-dealkylation sites (N-methyl/N-ethyl adjacent to an activating group) is 1. The second-order valence-electron chi connectivity index (χ2n) is 7.46. The summed E-state index contributed by atoms with van der Waals surface area (Å²) < 4.78 is 32.6. The van der Waals surface area contributed by atoms with Crippen LogP contribution in [0.25, 0.3) is 0 Å². The van der Waals surface area contributed by atoms with Gasteiger partial charge in [0.15, 0.2) is 0 Å². The van der Waals surface area contributed by atoms with E-state index in [2.05, 4.69) is 10.0 Å². The van der Waals surface area contributed by atoms with E-state index in [4.69, 9.17) is 4.74 Å². The number of anilines is 1. The van der Waals surface area contributed by atoms with E-state index in [9.17, 15) is 13.2 Å². The molecule has 1 atom stereocenters. The van der Waals surface area contributed by atoms with E-state index in [-0.39, 0.29) is 16.8 Å². The van der Waals surface area contributed by atoms with Gasteiger partial charge < -0.3 is 15.0 Å². The Morgan fingerprint density at radius 2 is 1.56 bits per heavy atom. The Morgan fingerprint density at radius 3 is 2.12 bits per heavy atom. The number of nitrogens with zero attached hydrogens (tertiary/aromatic N) is 1. The first-order valence-corrected chi connectivity index (χ1v) is 11.5. The lowest BCUT2D eigenvalue weighted by Gasteiger charge is -2.25. The van der Waals surface area contributed by atoms with Crippen molar-refractivity contribution < 1.29 is 17.9 Å². The zero-order valence-electron chi connectivity index (χ0n) is 18.3. The molecule has 0 aromatic heterocycles. The molecule has 0 spiro atoms. The van der Waals surface area contributed by atoms with Crippen LogP contribution in [0, 0.1) is 0 Å². The summed E-state index contributed by atoms with van der Waals surface area (Å²) in [6.07, 6.45) is 0. The fraction of sp³-hybridized carbons (Fsp3) is 0.208. The number of carbonyl (C=O) groups excluding carboxylic acids is 1. The minimum Gasteiger partial charge on any atom is -0.497 e. The lowest BCUT2D eigenvalue weighted by molar-refractivity contribution is 0.0942. The second-order valence-corrected chi connectivity index (χ2v) is 9.14. The molecule has 0 fully saturated rings. The fourth-order valence-corrected chi connectivity index (χ4v) is 4.30. The Labute approximate surface area is 189 Å². The number of carbonyl (C=O) groups is 1. The van der Waals surface area contributed by atoms with E-state index in [1.165, 1.54) is 12.1 Å². The Hall–Kier alpha value is -3.36. The van der Waals surface area contributed by atoms with Crippen LogP contribution in [-0.2, 0) is 10.0 Å². The zero-order chi connectivity index (χ0) is 23.1. The molecule has 2 N–H and O–H groups in total. The van der Waals surface area contributed by atoms with E-state index < -0.39 is 10.0 Å². The third-order valence-corrected chi connectivity index (χ3v) is 6.43. The number of methoxy groups -OCH3 is 1. The van der Waals surface area contributed by atoms with Crippen molar-refractivity contribution in [2.75, 3.05) is 32.5 Å². The molecule has 168 valence electrons. The molecular weight excluding hydrogens is 426 g/mol. The van der Waals surface area contributed by atoms with E-state index >= 15 is 0 Å². The Bertz CT molecular complexity index is 1130. The molecule has 7 nitrogen and oxygen atoms in total. The van der Waals surface area contributed by atoms with Crippen molar-refractivity contribution in [3.63, 3.8) is 0 Å². The number of ether oxygens (including phenoxy) is 1. The van der Waals surface area contributed by atoms with Gasteiger partial charge in [0.1, 0.15) is 5.75 Å². The lowest BCUT2D eigenvalue weighted by atomic mass is 10.1. The zero-order valence-corrected chi connectivity index (χ0v) is 19.1. The summed E-state index contributed by atoms with van der Waals surface area (Å²) >= 11 is 0. The smallest absolute Gasteiger partial charge is 0.261 e. The monoisotopic (exact) mass is 453 g/mol. The lowest BCUT2D eigenvalue weighted by Crippen LogP contribution is -2.34. The van der Waals surface area contributed by atoms with E-state index in [0.29, 0.717) is 17.8 Å². The number of hydrogen-bond donors (Lipinski definition) is 2. The van der Waals surface area contributed by atoms with E-state index in [0.717, 1.165) is 11.3 Å². The highest BCUT2D eigenvalue weighted by Crippen LogP contribution is 2.21. The van der Waals surface area contributed by atoms with Crippen LogP contribution in [0.4, 0.5) is 5.69 Å². The highest BCUT2D eigenvalue weighted by atomic mass is 32.2. The summed E-state index contributed by atoms with van der Waals surface area (Å²) in [7, 11) is 1.85. The van der Waals surface area contributed by atoms with Gasteiger partial charge >= 0.3 is 0 Å². The third kappa shape index (κ3) is 5.87. The highest BCUT2D eigenvalue weighted by molar-refractivity contribution is 7.92. The van der Waals surface area contributed by atoms with Gasteiger partial charge in [0.2, 0.25) is 0 Å². The topological polar surface area (TPSA) is 87.7 Å². The maximum Gasteiger partial charge on any atom is 0.261 e. The number of sulfonamides is 1. The summed E-state index contributed by atoms with van der Waals surface area (Å²) in [6.45, 7) is 0.417. The first-order chi connectivity index (χ1) is 15.3. The molecule has 0 bridgehead atoms. The van der Waals surface area contributed by atoms with E-state index in [1.807, 2.05) is 43.3 Å². The number of rotatable bonds is 9. The van der Waals surface area contributed by atoms with E-state index in [1.54, 1.807) is 49.6 Å². The maximum absolute atomic E-state index is 12.6. The molecule has 3 rings (SSSR count). The van der Waals surface area contributed by atoms with Gasteiger partial charge in [-0.3, -0.25) is 9.52 Å². The van der Waals surface area contributed by atoms with Gasteiger partial charge in [0.25, 0.3) is 15.9 Å². The highest BCUT2D eigenvalue weighted by Gasteiger charge is 2.17. The minimum atomic E-state index is -3.68. The normalized spacial score (nSPS) is 12.2. The molecule has 0 saturated carbocycles. The molecule has 3 aromatic rings. The van der Waals surface area contributed by atoms with Gasteiger partial charge in [-0.1, -0.05) is 30.3 Å². The minimum absolute atomic E-state index is 0.0122. The first kappa shape index (κ1) is 23.3. The summed E-state index contributed by atoms with van der Waals surface area (Å²) in [5, 5.41) is 2.95. The largest absolute Gasteiger partial charge is 0.497 e. The molecule has 1 amide bonds. The molecular formula is C24H27N3O4S. The van der Waals surface area contributed by atoms with Crippen LogP contribution in [0.5, 0.6) is 5.75 Å². The van der Waals surface area contributed by atoms with Gasteiger partial charge in [-0.2, -0.15) is 0 Å². The molecule has 0 aliphatic heterocycles. The average Bonchev–Trinajstić information content (AvgIpc) is 2.80. The summed E-state index contributed by atoms with van der Waals surface area (Å²) in [4.78, 5) is 14.8. The van der Waals surface area contributed by atoms with Gasteiger partial charge in [0, 0.05) is 17.8 Å². The van der Waals surface area contributed by atoms with Gasteiger partial charge in [0.05, 0.1) is 18.0 Å². The predicted molar refractivity (Wildman–Crippen MR) is 125 cm³/mol. The maximum atomic E-state index is 12.6. The molecule has 3 aromatic carbocycles. The molecule has 0 aliphatic carbocycles. The van der Waals surface area contributed by atoms with Crippen molar-refractivity contribution in [2.24, 2.45) is 0 Å². The molecule has 0 unspecified atom stereocenters. The Morgan fingerprint density at radius 1 is 0.938 bits per heavy atom. The summed E-state index contributed by atoms with van der Waals surface area (Å²) in [6, 6.07) is 22.2. The SMILES string of the molecule is COc1ccc([C@H](CNC(=O)c2ccc(NS(=O)(=O)c3ccccc3)cc2)N(C)C)cc1. The van der Waals surface area contributed by atoms with Crippen LogP contribution in [-0.4, -0.2) is 47.0 Å².